The second-order valence-electron chi connectivity index (χ2n) is 5.21. The summed E-state index contributed by atoms with van der Waals surface area (Å²) in [4.78, 5) is 12.1. The molecular formula is C15H22O2. The molecule has 0 unspecified atom stereocenters. The molecule has 0 aliphatic carbocycles. The van der Waals surface area contributed by atoms with Crippen molar-refractivity contribution >= 4 is 5.78 Å². The Balaban J connectivity index is 2.71. The number of rotatable bonds is 5. The highest BCUT2D eigenvalue weighted by Crippen LogP contribution is 2.19. The van der Waals surface area contributed by atoms with E-state index < -0.39 is 0 Å². The first-order chi connectivity index (χ1) is 7.85. The van der Waals surface area contributed by atoms with Crippen LogP contribution in [0.15, 0.2) is 18.2 Å². The fourth-order valence-electron chi connectivity index (χ4n) is 1.78. The smallest absolute Gasteiger partial charge is 0.163 e. The first kappa shape index (κ1) is 13.9. The summed E-state index contributed by atoms with van der Waals surface area (Å²) in [5.74, 6) is 0.202. The molecule has 2 nitrogen and oxygen atoms in total. The van der Waals surface area contributed by atoms with E-state index >= 15 is 0 Å². The molecule has 0 aliphatic rings. The van der Waals surface area contributed by atoms with Crippen molar-refractivity contribution < 1.29 is 9.53 Å². The van der Waals surface area contributed by atoms with E-state index in [0.717, 1.165) is 17.5 Å². The number of ketones is 1. The largest absolute Gasteiger partial charge is 0.379 e. The number of benzene rings is 1. The maximum atomic E-state index is 12.1. The third kappa shape index (κ3) is 3.97. The normalized spacial score (nSPS) is 11.6. The summed E-state index contributed by atoms with van der Waals surface area (Å²) < 4.78 is 5.32. The third-order valence-corrected chi connectivity index (χ3v) is 3.19. The van der Waals surface area contributed by atoms with Gasteiger partial charge in [-0.15, -0.1) is 0 Å². The van der Waals surface area contributed by atoms with Crippen molar-refractivity contribution in [2.75, 3.05) is 7.11 Å². The molecule has 0 heterocycles. The van der Waals surface area contributed by atoms with E-state index in [1.54, 1.807) is 7.11 Å². The second kappa shape index (κ2) is 5.46. The highest BCUT2D eigenvalue weighted by atomic mass is 16.5. The van der Waals surface area contributed by atoms with E-state index in [0.29, 0.717) is 6.42 Å². The highest BCUT2D eigenvalue weighted by Gasteiger charge is 2.19. The molecule has 0 radical (unpaired) electrons. The molecule has 0 fully saturated rings. The third-order valence-electron chi connectivity index (χ3n) is 3.19. The molecule has 0 bridgehead atoms. The molecular weight excluding hydrogens is 212 g/mol. The van der Waals surface area contributed by atoms with Gasteiger partial charge in [-0.2, -0.15) is 0 Å². The Hall–Kier alpha value is -1.15. The maximum absolute atomic E-state index is 12.1. The van der Waals surface area contributed by atoms with E-state index in [4.69, 9.17) is 4.74 Å². The van der Waals surface area contributed by atoms with Crippen LogP contribution >= 0.6 is 0 Å². The zero-order valence-electron chi connectivity index (χ0n) is 11.5. The van der Waals surface area contributed by atoms with Crippen LogP contribution in [0.2, 0.25) is 0 Å². The summed E-state index contributed by atoms with van der Waals surface area (Å²) in [6.45, 7) is 8.03. The summed E-state index contributed by atoms with van der Waals surface area (Å²) in [5.41, 5.74) is 2.86. The van der Waals surface area contributed by atoms with Gasteiger partial charge < -0.3 is 4.74 Å². The molecule has 1 aromatic rings. The number of methoxy groups -OCH3 is 1. The van der Waals surface area contributed by atoms with Crippen molar-refractivity contribution in [2.45, 2.75) is 46.1 Å². The minimum atomic E-state index is -0.228. The molecule has 0 atom stereocenters. The molecule has 0 amide bonds. The molecule has 0 aliphatic heterocycles. The van der Waals surface area contributed by atoms with Crippen molar-refractivity contribution in [1.29, 1.82) is 0 Å². The van der Waals surface area contributed by atoms with Crippen molar-refractivity contribution in [3.63, 3.8) is 0 Å². The van der Waals surface area contributed by atoms with E-state index in [1.165, 1.54) is 5.56 Å². The number of hydrogen-bond donors (Lipinski definition) is 0. The number of carbonyl (C=O) groups is 1. The number of hydrogen-bond acceptors (Lipinski definition) is 2. The average Bonchev–Trinajstić information content (AvgIpc) is 2.26. The fraction of sp³-hybridized carbons (Fsp3) is 0.533. The Morgan fingerprint density at radius 3 is 2.47 bits per heavy atom. The quantitative estimate of drug-likeness (QED) is 0.726. The van der Waals surface area contributed by atoms with Gasteiger partial charge in [0.1, 0.15) is 0 Å². The van der Waals surface area contributed by atoms with Crippen LogP contribution < -0.4 is 0 Å². The molecule has 17 heavy (non-hydrogen) atoms. The van der Waals surface area contributed by atoms with Crippen molar-refractivity contribution in [2.24, 2.45) is 0 Å². The Morgan fingerprint density at radius 2 is 1.94 bits per heavy atom. The monoisotopic (exact) mass is 234 g/mol. The number of aryl methyl sites for hydroxylation is 2. The summed E-state index contributed by atoms with van der Waals surface area (Å²) >= 11 is 0. The standard InChI is InChI=1S/C15H22O2/c1-11-6-7-13(12(2)10-11)14(16)8-9-15(3,4)17-5/h6-7,10H,8-9H2,1-5H3. The zero-order valence-corrected chi connectivity index (χ0v) is 11.5. The van der Waals surface area contributed by atoms with Crippen molar-refractivity contribution in [1.82, 2.24) is 0 Å². The van der Waals surface area contributed by atoms with Crippen LogP contribution in [0.1, 0.15) is 48.2 Å². The summed E-state index contributed by atoms with van der Waals surface area (Å²) in [7, 11) is 1.68. The van der Waals surface area contributed by atoms with Crippen molar-refractivity contribution in [3.8, 4) is 0 Å². The predicted molar refractivity (Wildman–Crippen MR) is 70.6 cm³/mol. The lowest BCUT2D eigenvalue weighted by Crippen LogP contribution is -2.23. The lowest BCUT2D eigenvalue weighted by atomic mass is 9.95. The Morgan fingerprint density at radius 1 is 1.29 bits per heavy atom. The van der Waals surface area contributed by atoms with Gasteiger partial charge in [0.25, 0.3) is 0 Å². The molecule has 0 spiro atoms. The van der Waals surface area contributed by atoms with Gasteiger partial charge in [0, 0.05) is 19.1 Å². The minimum Gasteiger partial charge on any atom is -0.379 e. The molecule has 0 N–H and O–H groups in total. The van der Waals surface area contributed by atoms with E-state index in [1.807, 2.05) is 39.8 Å². The van der Waals surface area contributed by atoms with Crippen LogP contribution in [-0.2, 0) is 4.74 Å². The van der Waals surface area contributed by atoms with Gasteiger partial charge in [0.15, 0.2) is 5.78 Å². The molecule has 1 rings (SSSR count). The van der Waals surface area contributed by atoms with Gasteiger partial charge in [-0.1, -0.05) is 23.8 Å². The molecule has 0 aromatic heterocycles. The Bertz CT molecular complexity index is 405. The number of Topliss-reactive ketones (excluding diaryl/α,β-unsaturated/α-hetero) is 1. The van der Waals surface area contributed by atoms with Crippen LogP contribution in [0.5, 0.6) is 0 Å². The first-order valence-corrected chi connectivity index (χ1v) is 6.01. The molecule has 0 saturated heterocycles. The lowest BCUT2D eigenvalue weighted by molar-refractivity contribution is 0.0141. The summed E-state index contributed by atoms with van der Waals surface area (Å²) in [6, 6.07) is 5.96. The summed E-state index contributed by atoms with van der Waals surface area (Å²) in [5, 5.41) is 0. The van der Waals surface area contributed by atoms with Gasteiger partial charge in [-0.3, -0.25) is 4.79 Å². The van der Waals surface area contributed by atoms with Crippen LogP contribution in [0.25, 0.3) is 0 Å². The first-order valence-electron chi connectivity index (χ1n) is 6.01. The van der Waals surface area contributed by atoms with E-state index in [9.17, 15) is 4.79 Å². The van der Waals surface area contributed by atoms with Gasteiger partial charge >= 0.3 is 0 Å². The number of carbonyl (C=O) groups excluding carboxylic acids is 1. The van der Waals surface area contributed by atoms with Crippen molar-refractivity contribution in [3.05, 3.63) is 34.9 Å². The van der Waals surface area contributed by atoms with Gasteiger partial charge in [-0.25, -0.2) is 0 Å². The second-order valence-corrected chi connectivity index (χ2v) is 5.21. The van der Waals surface area contributed by atoms with E-state index in [-0.39, 0.29) is 11.4 Å². The fourth-order valence-corrected chi connectivity index (χ4v) is 1.78. The predicted octanol–water partition coefficient (Wildman–Crippen LogP) is 3.69. The SMILES string of the molecule is COC(C)(C)CCC(=O)c1ccc(C)cc1C. The zero-order chi connectivity index (χ0) is 13.1. The Labute approximate surface area is 104 Å². The minimum absolute atomic E-state index is 0.202. The van der Waals surface area contributed by atoms with Gasteiger partial charge in [-0.05, 0) is 39.7 Å². The highest BCUT2D eigenvalue weighted by molar-refractivity contribution is 5.97. The molecule has 0 saturated carbocycles. The topological polar surface area (TPSA) is 26.3 Å². The molecule has 2 heteroatoms. The van der Waals surface area contributed by atoms with Gasteiger partial charge in [0.05, 0.1) is 5.60 Å². The molecule has 94 valence electrons. The van der Waals surface area contributed by atoms with Crippen LogP contribution in [0, 0.1) is 13.8 Å². The number of ether oxygens (including phenoxy) is 1. The van der Waals surface area contributed by atoms with Crippen LogP contribution in [0.3, 0.4) is 0 Å². The van der Waals surface area contributed by atoms with E-state index in [2.05, 4.69) is 6.07 Å². The summed E-state index contributed by atoms with van der Waals surface area (Å²) in [6.07, 6.45) is 1.28. The van der Waals surface area contributed by atoms with Crippen LogP contribution in [0.4, 0.5) is 0 Å². The maximum Gasteiger partial charge on any atom is 0.163 e. The average molecular weight is 234 g/mol. The lowest BCUT2D eigenvalue weighted by Gasteiger charge is -2.22. The van der Waals surface area contributed by atoms with Crippen LogP contribution in [-0.4, -0.2) is 18.5 Å². The molecule has 1 aromatic carbocycles. The van der Waals surface area contributed by atoms with Gasteiger partial charge in [0.2, 0.25) is 0 Å². The Kier molecular flexibility index (Phi) is 4.47.